The van der Waals surface area contributed by atoms with Crippen LogP contribution < -0.4 is 10.2 Å². The van der Waals surface area contributed by atoms with Gasteiger partial charge in [-0.2, -0.15) is 5.10 Å². The van der Waals surface area contributed by atoms with Gasteiger partial charge in [0.2, 0.25) is 0 Å². The molecule has 0 unspecified atom stereocenters. The molecule has 0 aliphatic heterocycles. The van der Waals surface area contributed by atoms with Crippen molar-refractivity contribution in [2.45, 2.75) is 19.8 Å². The second-order valence-electron chi connectivity index (χ2n) is 4.79. The Labute approximate surface area is 130 Å². The van der Waals surface area contributed by atoms with E-state index in [9.17, 15) is 4.79 Å². The maximum Gasteiger partial charge on any atom is 0.275 e. The molecule has 0 spiro atoms. The van der Waals surface area contributed by atoms with Crippen molar-refractivity contribution in [3.8, 4) is 5.75 Å². The van der Waals surface area contributed by atoms with Gasteiger partial charge in [0.05, 0.1) is 12.2 Å². The summed E-state index contributed by atoms with van der Waals surface area (Å²) in [6.07, 6.45) is 3.25. The predicted molar refractivity (Wildman–Crippen MR) is 88.3 cm³/mol. The quantitative estimate of drug-likeness (QED) is 0.628. The molecule has 1 amide bonds. The third-order valence-corrected chi connectivity index (χ3v) is 3.02. The molecule has 4 nitrogen and oxygen atoms in total. The van der Waals surface area contributed by atoms with Crippen LogP contribution >= 0.6 is 0 Å². The van der Waals surface area contributed by atoms with Crippen molar-refractivity contribution in [1.82, 2.24) is 5.43 Å². The van der Waals surface area contributed by atoms with Crippen molar-refractivity contribution in [3.63, 3.8) is 0 Å². The number of hydrazone groups is 1. The first-order chi connectivity index (χ1) is 10.8. The zero-order chi connectivity index (χ0) is 15.6. The van der Waals surface area contributed by atoms with E-state index >= 15 is 0 Å². The number of hydrogen-bond acceptors (Lipinski definition) is 3. The molecule has 0 aliphatic carbocycles. The Morgan fingerprint density at radius 2 is 1.86 bits per heavy atom. The fourth-order valence-electron chi connectivity index (χ4n) is 1.92. The molecule has 22 heavy (non-hydrogen) atoms. The SMILES string of the molecule is CCCOc1ccccc1C(=O)NN=CCc1ccccc1. The summed E-state index contributed by atoms with van der Waals surface area (Å²) < 4.78 is 5.57. The Kier molecular flexibility index (Phi) is 6.18. The lowest BCUT2D eigenvalue weighted by Gasteiger charge is -2.09. The molecular weight excluding hydrogens is 276 g/mol. The minimum absolute atomic E-state index is 0.268. The third kappa shape index (κ3) is 4.74. The highest BCUT2D eigenvalue weighted by atomic mass is 16.5. The first-order valence-electron chi connectivity index (χ1n) is 7.39. The Morgan fingerprint density at radius 1 is 1.14 bits per heavy atom. The monoisotopic (exact) mass is 296 g/mol. The molecule has 0 atom stereocenters. The van der Waals surface area contributed by atoms with Gasteiger partial charge in [0.1, 0.15) is 5.75 Å². The summed E-state index contributed by atoms with van der Waals surface area (Å²) in [5, 5.41) is 3.98. The maximum atomic E-state index is 12.1. The number of amides is 1. The number of rotatable bonds is 7. The van der Waals surface area contributed by atoms with Crippen LogP contribution in [0.4, 0.5) is 0 Å². The van der Waals surface area contributed by atoms with Crippen LogP contribution in [0.1, 0.15) is 29.3 Å². The highest BCUT2D eigenvalue weighted by molar-refractivity contribution is 5.97. The number of benzene rings is 2. The molecule has 0 aromatic heterocycles. The molecule has 0 saturated carbocycles. The smallest absolute Gasteiger partial charge is 0.275 e. The van der Waals surface area contributed by atoms with E-state index in [0.717, 1.165) is 12.0 Å². The molecule has 4 heteroatoms. The predicted octanol–water partition coefficient (Wildman–Crippen LogP) is 3.43. The van der Waals surface area contributed by atoms with Crippen LogP contribution in [0.25, 0.3) is 0 Å². The van der Waals surface area contributed by atoms with Crippen molar-refractivity contribution < 1.29 is 9.53 Å². The molecule has 2 aromatic rings. The number of carbonyl (C=O) groups is 1. The summed E-state index contributed by atoms with van der Waals surface area (Å²) in [5.41, 5.74) is 4.18. The summed E-state index contributed by atoms with van der Waals surface area (Å²) >= 11 is 0. The van der Waals surface area contributed by atoms with Gasteiger partial charge in [0, 0.05) is 12.6 Å². The Balaban J connectivity index is 1.92. The lowest BCUT2D eigenvalue weighted by atomic mass is 10.2. The van der Waals surface area contributed by atoms with Crippen molar-refractivity contribution >= 4 is 12.1 Å². The van der Waals surface area contributed by atoms with E-state index in [2.05, 4.69) is 10.5 Å². The molecule has 2 rings (SSSR count). The molecule has 0 saturated heterocycles. The number of nitrogens with one attached hydrogen (secondary N) is 1. The summed E-state index contributed by atoms with van der Waals surface area (Å²) in [7, 11) is 0. The third-order valence-electron chi connectivity index (χ3n) is 3.02. The van der Waals surface area contributed by atoms with Gasteiger partial charge in [-0.05, 0) is 24.1 Å². The van der Waals surface area contributed by atoms with Crippen LogP contribution in [0.15, 0.2) is 59.7 Å². The Morgan fingerprint density at radius 3 is 2.64 bits per heavy atom. The topological polar surface area (TPSA) is 50.7 Å². The summed E-state index contributed by atoms with van der Waals surface area (Å²) in [6, 6.07) is 17.1. The Bertz CT molecular complexity index is 624. The normalized spacial score (nSPS) is 10.6. The maximum absolute atomic E-state index is 12.1. The van der Waals surface area contributed by atoms with E-state index in [-0.39, 0.29) is 5.91 Å². The lowest BCUT2D eigenvalue weighted by molar-refractivity contribution is 0.0951. The zero-order valence-electron chi connectivity index (χ0n) is 12.7. The average molecular weight is 296 g/mol. The molecule has 0 radical (unpaired) electrons. The van der Waals surface area contributed by atoms with Crippen molar-refractivity contribution in [1.29, 1.82) is 0 Å². The minimum Gasteiger partial charge on any atom is -0.493 e. The van der Waals surface area contributed by atoms with E-state index in [1.165, 1.54) is 0 Å². The van der Waals surface area contributed by atoms with Crippen molar-refractivity contribution in [2.75, 3.05) is 6.61 Å². The van der Waals surface area contributed by atoms with Gasteiger partial charge in [-0.1, -0.05) is 49.4 Å². The summed E-state index contributed by atoms with van der Waals surface area (Å²) in [6.45, 7) is 2.61. The van der Waals surface area contributed by atoms with E-state index in [0.29, 0.717) is 24.3 Å². The summed E-state index contributed by atoms with van der Waals surface area (Å²) in [5.74, 6) is 0.316. The van der Waals surface area contributed by atoms with Gasteiger partial charge in [0.15, 0.2) is 0 Å². The van der Waals surface area contributed by atoms with E-state index in [4.69, 9.17) is 4.74 Å². The minimum atomic E-state index is -0.268. The van der Waals surface area contributed by atoms with Crippen LogP contribution in [0, 0.1) is 0 Å². The highest BCUT2D eigenvalue weighted by Gasteiger charge is 2.10. The van der Waals surface area contributed by atoms with Gasteiger partial charge in [-0.15, -0.1) is 0 Å². The average Bonchev–Trinajstić information content (AvgIpc) is 2.58. The highest BCUT2D eigenvalue weighted by Crippen LogP contribution is 2.17. The lowest BCUT2D eigenvalue weighted by Crippen LogP contribution is -2.19. The van der Waals surface area contributed by atoms with Gasteiger partial charge in [-0.25, -0.2) is 5.43 Å². The molecule has 0 heterocycles. The largest absolute Gasteiger partial charge is 0.493 e. The first kappa shape index (κ1) is 15.8. The number of ether oxygens (including phenoxy) is 1. The zero-order valence-corrected chi connectivity index (χ0v) is 12.7. The molecule has 2 aromatic carbocycles. The molecule has 0 aliphatic rings. The fourth-order valence-corrected chi connectivity index (χ4v) is 1.92. The van der Waals surface area contributed by atoms with Crippen LogP contribution in [-0.2, 0) is 6.42 Å². The molecule has 114 valence electrons. The van der Waals surface area contributed by atoms with E-state index < -0.39 is 0 Å². The molecule has 1 N–H and O–H groups in total. The van der Waals surface area contributed by atoms with Crippen LogP contribution in [0.5, 0.6) is 5.75 Å². The van der Waals surface area contributed by atoms with Crippen LogP contribution in [0.2, 0.25) is 0 Å². The van der Waals surface area contributed by atoms with E-state index in [1.54, 1.807) is 24.4 Å². The summed E-state index contributed by atoms with van der Waals surface area (Å²) in [4.78, 5) is 12.1. The van der Waals surface area contributed by atoms with Gasteiger partial charge >= 0.3 is 0 Å². The van der Waals surface area contributed by atoms with Crippen molar-refractivity contribution in [2.24, 2.45) is 5.10 Å². The first-order valence-corrected chi connectivity index (χ1v) is 7.39. The molecular formula is C18H20N2O2. The molecule has 0 fully saturated rings. The number of nitrogens with zero attached hydrogens (tertiary/aromatic N) is 1. The number of para-hydroxylation sites is 1. The fraction of sp³-hybridized carbons (Fsp3) is 0.222. The standard InChI is InChI=1S/C18H20N2O2/c1-2-14-22-17-11-7-6-10-16(17)18(21)20-19-13-12-15-8-4-3-5-9-15/h3-11,13H,2,12,14H2,1H3,(H,20,21). The van der Waals surface area contributed by atoms with Gasteiger partial charge < -0.3 is 4.74 Å². The molecule has 0 bridgehead atoms. The second-order valence-corrected chi connectivity index (χ2v) is 4.79. The van der Waals surface area contributed by atoms with Crippen molar-refractivity contribution in [3.05, 3.63) is 65.7 Å². The number of hydrogen-bond donors (Lipinski definition) is 1. The van der Waals surface area contributed by atoms with Crippen LogP contribution in [-0.4, -0.2) is 18.7 Å². The second kappa shape index (κ2) is 8.62. The van der Waals surface area contributed by atoms with E-state index in [1.807, 2.05) is 43.3 Å². The van der Waals surface area contributed by atoms with Gasteiger partial charge in [-0.3, -0.25) is 4.79 Å². The number of carbonyl (C=O) groups excluding carboxylic acids is 1. The Hall–Kier alpha value is -2.62. The van der Waals surface area contributed by atoms with Crippen LogP contribution in [0.3, 0.4) is 0 Å². The van der Waals surface area contributed by atoms with Gasteiger partial charge in [0.25, 0.3) is 5.91 Å².